The smallest absolute Gasteiger partial charge is 0.189 e. The number of hydrogen-bond donors (Lipinski definition) is 0. The molecule has 0 radical (unpaired) electrons. The van der Waals surface area contributed by atoms with Gasteiger partial charge in [0.25, 0.3) is 0 Å². The van der Waals surface area contributed by atoms with E-state index in [0.717, 1.165) is 32.3 Å². The molecule has 6 nitrogen and oxygen atoms in total. The monoisotopic (exact) mass is 404 g/mol. The van der Waals surface area contributed by atoms with Gasteiger partial charge in [-0.25, -0.2) is 14.6 Å². The first-order chi connectivity index (χ1) is 11.5. The predicted octanol–water partition coefficient (Wildman–Crippen LogP) is 3.58. The van der Waals surface area contributed by atoms with Crippen molar-refractivity contribution in [3.63, 3.8) is 0 Å². The number of rotatable bonds is 4. The van der Waals surface area contributed by atoms with Gasteiger partial charge >= 0.3 is 0 Å². The van der Waals surface area contributed by atoms with Gasteiger partial charge in [0, 0.05) is 41.6 Å². The van der Waals surface area contributed by atoms with Crippen LogP contribution < -0.4 is 4.90 Å². The summed E-state index contributed by atoms with van der Waals surface area (Å²) < 4.78 is 2.71. The lowest BCUT2D eigenvalue weighted by atomic mass is 10.1. The molecule has 0 spiro atoms. The summed E-state index contributed by atoms with van der Waals surface area (Å²) in [6, 6.07) is 8.00. The minimum atomic E-state index is 0.717. The molecule has 0 bridgehead atoms. The first-order valence-corrected chi connectivity index (χ1v) is 9.29. The number of nitrogens with zero attached hydrogens (tertiary/aromatic N) is 6. The van der Waals surface area contributed by atoms with E-state index < -0.39 is 0 Å². The zero-order valence-electron chi connectivity index (χ0n) is 13.9. The quantitative estimate of drug-likeness (QED) is 0.489. The number of benzene rings is 1. The molecule has 0 aliphatic heterocycles. The van der Waals surface area contributed by atoms with Gasteiger partial charge in [0.2, 0.25) is 0 Å². The van der Waals surface area contributed by atoms with Crippen molar-refractivity contribution >= 4 is 33.4 Å². The molecule has 8 heteroatoms. The van der Waals surface area contributed by atoms with Crippen molar-refractivity contribution in [2.45, 2.75) is 12.1 Å². The molecule has 0 aliphatic rings. The third-order valence-electron chi connectivity index (χ3n) is 3.45. The van der Waals surface area contributed by atoms with E-state index in [4.69, 9.17) is 0 Å². The van der Waals surface area contributed by atoms with E-state index in [9.17, 15) is 0 Å². The minimum Gasteiger partial charge on any atom is -0.377 e. The van der Waals surface area contributed by atoms with Crippen molar-refractivity contribution in [1.29, 1.82) is 0 Å². The second-order valence-corrected chi connectivity index (χ2v) is 7.15. The first kappa shape index (κ1) is 16.9. The summed E-state index contributed by atoms with van der Waals surface area (Å²) in [5.74, 6) is 0.717. The normalized spacial score (nSPS) is 10.9. The lowest BCUT2D eigenvalue weighted by Gasteiger charge is -2.16. The fraction of sp³-hybridized carbons (Fsp3) is 0.250. The molecule has 0 fully saturated rings. The van der Waals surface area contributed by atoms with Gasteiger partial charge in [0.1, 0.15) is 5.69 Å². The van der Waals surface area contributed by atoms with Gasteiger partial charge in [-0.3, -0.25) is 0 Å². The highest BCUT2D eigenvalue weighted by Gasteiger charge is 2.13. The summed E-state index contributed by atoms with van der Waals surface area (Å²) in [6.45, 7) is 1.95. The topological polar surface area (TPSA) is 59.7 Å². The fourth-order valence-electron chi connectivity index (χ4n) is 2.32. The highest BCUT2D eigenvalue weighted by atomic mass is 79.9. The second-order valence-electron chi connectivity index (χ2n) is 5.46. The van der Waals surface area contributed by atoms with Crippen LogP contribution in [0.1, 0.15) is 5.69 Å². The van der Waals surface area contributed by atoms with Crippen LogP contribution in [0.5, 0.6) is 0 Å². The maximum absolute atomic E-state index is 4.50. The predicted molar refractivity (Wildman–Crippen MR) is 101 cm³/mol. The molecule has 0 saturated carbocycles. The molecule has 2 aromatic heterocycles. The lowest BCUT2D eigenvalue weighted by molar-refractivity contribution is 0.755. The van der Waals surface area contributed by atoms with E-state index in [-0.39, 0.29) is 0 Å². The van der Waals surface area contributed by atoms with Crippen LogP contribution >= 0.6 is 27.7 Å². The maximum atomic E-state index is 4.50. The standard InChI is InChI=1S/C16H17BrN6S/c1-10-7-15(19-16(18-10)24-4)23-9-13(20-21-23)12-6-5-11(17)8-14(12)22(2)3/h5-9H,1-4H3. The molecule has 0 N–H and O–H groups in total. The summed E-state index contributed by atoms with van der Waals surface area (Å²) in [5, 5.41) is 9.29. The van der Waals surface area contributed by atoms with Crippen molar-refractivity contribution in [3.8, 4) is 17.1 Å². The average Bonchev–Trinajstić information content (AvgIpc) is 3.04. The molecule has 0 unspecified atom stereocenters. The Labute approximate surface area is 153 Å². The number of aromatic nitrogens is 5. The number of aryl methyl sites for hydroxylation is 1. The van der Waals surface area contributed by atoms with E-state index in [1.807, 2.05) is 51.7 Å². The number of anilines is 1. The largest absolute Gasteiger partial charge is 0.377 e. The Balaban J connectivity index is 2.05. The summed E-state index contributed by atoms with van der Waals surface area (Å²) in [5.41, 5.74) is 3.79. The molecule has 0 atom stereocenters. The number of thioether (sulfide) groups is 1. The van der Waals surface area contributed by atoms with Crippen LogP contribution in [0.3, 0.4) is 0 Å². The SMILES string of the molecule is CSc1nc(C)cc(-n2cc(-c3ccc(Br)cc3N(C)C)nn2)n1. The average molecular weight is 405 g/mol. The molecule has 0 saturated heterocycles. The molecule has 0 aliphatic carbocycles. The Kier molecular flexibility index (Phi) is 4.86. The Hall–Kier alpha value is -1.93. The fourth-order valence-corrected chi connectivity index (χ4v) is 3.09. The summed E-state index contributed by atoms with van der Waals surface area (Å²) in [4.78, 5) is 10.9. The van der Waals surface area contributed by atoms with Crippen molar-refractivity contribution in [3.05, 3.63) is 40.6 Å². The van der Waals surface area contributed by atoms with Crippen molar-refractivity contribution in [1.82, 2.24) is 25.0 Å². The molecular weight excluding hydrogens is 388 g/mol. The third-order valence-corrected chi connectivity index (χ3v) is 4.49. The van der Waals surface area contributed by atoms with E-state index in [1.54, 1.807) is 4.68 Å². The van der Waals surface area contributed by atoms with E-state index in [2.05, 4.69) is 47.2 Å². The van der Waals surface area contributed by atoms with E-state index in [0.29, 0.717) is 5.82 Å². The van der Waals surface area contributed by atoms with Gasteiger partial charge in [-0.1, -0.05) is 32.9 Å². The van der Waals surface area contributed by atoms with Crippen LogP contribution in [-0.2, 0) is 0 Å². The summed E-state index contributed by atoms with van der Waals surface area (Å²) in [6.07, 6.45) is 3.85. The highest BCUT2D eigenvalue weighted by Crippen LogP contribution is 2.31. The zero-order valence-corrected chi connectivity index (χ0v) is 16.3. The van der Waals surface area contributed by atoms with Gasteiger partial charge in [-0.2, -0.15) is 0 Å². The van der Waals surface area contributed by atoms with Crippen LogP contribution in [0.4, 0.5) is 5.69 Å². The minimum absolute atomic E-state index is 0.717. The van der Waals surface area contributed by atoms with Crippen LogP contribution in [0.15, 0.2) is 40.1 Å². The number of halogens is 1. The van der Waals surface area contributed by atoms with Crippen molar-refractivity contribution in [2.24, 2.45) is 0 Å². The maximum Gasteiger partial charge on any atom is 0.189 e. The summed E-state index contributed by atoms with van der Waals surface area (Å²) >= 11 is 5.02. The van der Waals surface area contributed by atoms with Crippen molar-refractivity contribution < 1.29 is 0 Å². The van der Waals surface area contributed by atoms with Gasteiger partial charge < -0.3 is 4.90 Å². The zero-order chi connectivity index (χ0) is 17.3. The van der Waals surface area contributed by atoms with Crippen LogP contribution in [0, 0.1) is 6.92 Å². The van der Waals surface area contributed by atoms with E-state index in [1.165, 1.54) is 11.8 Å². The molecule has 2 heterocycles. The Morgan fingerprint density at radius 2 is 1.96 bits per heavy atom. The van der Waals surface area contributed by atoms with Gasteiger partial charge in [0.15, 0.2) is 11.0 Å². The second kappa shape index (κ2) is 6.90. The molecule has 24 heavy (non-hydrogen) atoms. The van der Waals surface area contributed by atoms with Crippen LogP contribution in [0.2, 0.25) is 0 Å². The van der Waals surface area contributed by atoms with Gasteiger partial charge in [-0.05, 0) is 31.4 Å². The third kappa shape index (κ3) is 3.44. The van der Waals surface area contributed by atoms with E-state index >= 15 is 0 Å². The Morgan fingerprint density at radius 3 is 2.67 bits per heavy atom. The molecule has 124 valence electrons. The molecule has 0 amide bonds. The Morgan fingerprint density at radius 1 is 1.17 bits per heavy atom. The highest BCUT2D eigenvalue weighted by molar-refractivity contribution is 9.10. The van der Waals surface area contributed by atoms with Crippen LogP contribution in [-0.4, -0.2) is 45.3 Å². The van der Waals surface area contributed by atoms with Gasteiger partial charge in [0.05, 0.1) is 6.20 Å². The van der Waals surface area contributed by atoms with Crippen LogP contribution in [0.25, 0.3) is 17.1 Å². The Bertz CT molecular complexity index is 877. The molecule has 3 aromatic rings. The first-order valence-electron chi connectivity index (χ1n) is 7.27. The molecular formula is C16H17BrN6S. The number of hydrogen-bond acceptors (Lipinski definition) is 6. The lowest BCUT2D eigenvalue weighted by Crippen LogP contribution is -2.10. The molecule has 3 rings (SSSR count). The van der Waals surface area contributed by atoms with Crippen molar-refractivity contribution in [2.75, 3.05) is 25.3 Å². The summed E-state index contributed by atoms with van der Waals surface area (Å²) in [7, 11) is 4.02. The molecule has 1 aromatic carbocycles. The van der Waals surface area contributed by atoms with Gasteiger partial charge in [-0.15, -0.1) is 5.10 Å².